The molecule has 0 bridgehead atoms. The molecule has 1 saturated heterocycles. The van der Waals surface area contributed by atoms with Gasteiger partial charge in [-0.15, -0.1) is 0 Å². The molecule has 9 nitrogen and oxygen atoms in total. The van der Waals surface area contributed by atoms with Gasteiger partial charge in [-0.2, -0.15) is 0 Å². The number of nitrogens with zero attached hydrogens (tertiary/aromatic N) is 1. The Bertz CT molecular complexity index is 878. The highest BCUT2D eigenvalue weighted by Gasteiger charge is 2.39. The van der Waals surface area contributed by atoms with Gasteiger partial charge in [-0.3, -0.25) is 24.5 Å². The maximum absolute atomic E-state index is 12.6. The zero-order valence-electron chi connectivity index (χ0n) is 15.5. The van der Waals surface area contributed by atoms with Crippen molar-refractivity contribution in [2.75, 3.05) is 0 Å². The minimum atomic E-state index is -1.12. The predicted octanol–water partition coefficient (Wildman–Crippen LogP) is 0.287. The van der Waals surface area contributed by atoms with Gasteiger partial charge in [0.05, 0.1) is 0 Å². The number of carboxylic acids is 1. The largest absolute Gasteiger partial charge is 0.480 e. The van der Waals surface area contributed by atoms with Gasteiger partial charge in [-0.05, 0) is 36.1 Å². The second-order valence-electron chi connectivity index (χ2n) is 7.31. The van der Waals surface area contributed by atoms with Crippen LogP contribution >= 0.6 is 0 Å². The predicted molar refractivity (Wildman–Crippen MR) is 96.2 cm³/mol. The van der Waals surface area contributed by atoms with Crippen LogP contribution in [0.3, 0.4) is 0 Å². The number of amides is 4. The van der Waals surface area contributed by atoms with Crippen molar-refractivity contribution in [2.45, 2.75) is 45.3 Å². The molecule has 0 spiro atoms. The molecule has 4 amide bonds. The van der Waals surface area contributed by atoms with Gasteiger partial charge >= 0.3 is 5.97 Å². The number of rotatable bonds is 5. The number of nitrogens with one attached hydrogen (secondary N) is 2. The molecule has 1 fully saturated rings. The molecule has 148 valence electrons. The van der Waals surface area contributed by atoms with Crippen LogP contribution in [0.1, 0.15) is 53.0 Å². The standard InChI is InChI=1S/C19H21N3O6/c1-9(2)15(19(27)28)21-16(24)10-3-4-12-11(7-10)8-22(18(12)26)13-5-6-14(23)20-17(13)25/h3-4,7,9,13,15H,5-6,8H2,1-2H3,(H,21,24)(H,27,28)(H,20,23,25)/t13?,15-/m0/s1. The third kappa shape index (κ3) is 3.60. The van der Waals surface area contributed by atoms with E-state index in [4.69, 9.17) is 0 Å². The van der Waals surface area contributed by atoms with Gasteiger partial charge in [0, 0.05) is 24.1 Å². The van der Waals surface area contributed by atoms with Crippen LogP contribution in [0.2, 0.25) is 0 Å². The molecular weight excluding hydrogens is 366 g/mol. The SMILES string of the molecule is CC(C)[C@H](NC(=O)c1ccc2c(c1)CN(C1CCC(=O)NC1=O)C2=O)C(=O)O. The van der Waals surface area contributed by atoms with Gasteiger partial charge in [0.2, 0.25) is 11.8 Å². The van der Waals surface area contributed by atoms with Crippen molar-refractivity contribution in [3.63, 3.8) is 0 Å². The van der Waals surface area contributed by atoms with E-state index in [1.807, 2.05) is 0 Å². The molecule has 2 atom stereocenters. The molecule has 9 heteroatoms. The fraction of sp³-hybridized carbons (Fsp3) is 0.421. The molecule has 2 aliphatic heterocycles. The van der Waals surface area contributed by atoms with Crippen LogP contribution in [0.5, 0.6) is 0 Å². The summed E-state index contributed by atoms with van der Waals surface area (Å²) in [5.41, 5.74) is 1.21. The van der Waals surface area contributed by atoms with Crippen molar-refractivity contribution in [3.05, 3.63) is 34.9 Å². The lowest BCUT2D eigenvalue weighted by atomic mass is 10.0. The van der Waals surface area contributed by atoms with Crippen LogP contribution < -0.4 is 10.6 Å². The smallest absolute Gasteiger partial charge is 0.326 e. The maximum Gasteiger partial charge on any atom is 0.326 e. The zero-order chi connectivity index (χ0) is 20.6. The molecule has 3 N–H and O–H groups in total. The number of hydrogen-bond donors (Lipinski definition) is 3. The van der Waals surface area contributed by atoms with Crippen molar-refractivity contribution in [3.8, 4) is 0 Å². The Morgan fingerprint density at radius 3 is 2.57 bits per heavy atom. The molecular formula is C19H21N3O6. The summed E-state index contributed by atoms with van der Waals surface area (Å²) in [7, 11) is 0. The maximum atomic E-state index is 12.6. The molecule has 1 unspecified atom stereocenters. The van der Waals surface area contributed by atoms with Crippen molar-refractivity contribution < 1.29 is 29.1 Å². The second kappa shape index (κ2) is 7.41. The van der Waals surface area contributed by atoms with Crippen LogP contribution in [0.25, 0.3) is 0 Å². The van der Waals surface area contributed by atoms with Gasteiger partial charge in [-0.25, -0.2) is 4.79 Å². The van der Waals surface area contributed by atoms with Gasteiger partial charge < -0.3 is 15.3 Å². The number of fused-ring (bicyclic) bond motifs is 1. The minimum absolute atomic E-state index is 0.147. The highest BCUT2D eigenvalue weighted by Crippen LogP contribution is 2.28. The third-order valence-corrected chi connectivity index (χ3v) is 5.01. The van der Waals surface area contributed by atoms with E-state index in [0.717, 1.165) is 0 Å². The number of carboxylic acid groups (broad SMARTS) is 1. The Kier molecular flexibility index (Phi) is 5.17. The van der Waals surface area contributed by atoms with Crippen LogP contribution in [0.4, 0.5) is 0 Å². The summed E-state index contributed by atoms with van der Waals surface area (Å²) in [4.78, 5) is 61.1. The molecule has 1 aromatic carbocycles. The van der Waals surface area contributed by atoms with Crippen LogP contribution in [0.15, 0.2) is 18.2 Å². The summed E-state index contributed by atoms with van der Waals surface area (Å²) >= 11 is 0. The summed E-state index contributed by atoms with van der Waals surface area (Å²) < 4.78 is 0. The van der Waals surface area contributed by atoms with Crippen LogP contribution in [-0.2, 0) is 20.9 Å². The lowest BCUT2D eigenvalue weighted by Crippen LogP contribution is -2.52. The summed E-state index contributed by atoms with van der Waals surface area (Å²) in [5, 5.41) is 13.9. The number of carbonyl (C=O) groups excluding carboxylic acids is 4. The number of imide groups is 1. The Morgan fingerprint density at radius 2 is 1.96 bits per heavy atom. The van der Waals surface area contributed by atoms with Crippen LogP contribution in [0, 0.1) is 5.92 Å². The van der Waals surface area contributed by atoms with E-state index in [0.29, 0.717) is 11.1 Å². The summed E-state index contributed by atoms with van der Waals surface area (Å²) in [5.74, 6) is -3.15. The fourth-order valence-electron chi connectivity index (χ4n) is 3.45. The molecule has 28 heavy (non-hydrogen) atoms. The average Bonchev–Trinajstić information content (AvgIpc) is 2.95. The molecule has 2 aliphatic rings. The summed E-state index contributed by atoms with van der Waals surface area (Å²) in [6.45, 7) is 3.53. The topological polar surface area (TPSA) is 133 Å². The molecule has 1 aromatic rings. The number of carbonyl (C=O) groups is 5. The van der Waals surface area contributed by atoms with Gasteiger partial charge in [0.15, 0.2) is 0 Å². The molecule has 0 saturated carbocycles. The first-order valence-corrected chi connectivity index (χ1v) is 9.00. The number of aliphatic carboxylic acids is 1. The fourth-order valence-corrected chi connectivity index (χ4v) is 3.45. The number of piperidine rings is 1. The van der Waals surface area contributed by atoms with Crippen molar-refractivity contribution >= 4 is 29.6 Å². The van der Waals surface area contributed by atoms with E-state index in [1.165, 1.54) is 23.1 Å². The Morgan fingerprint density at radius 1 is 1.25 bits per heavy atom. The normalized spacial score (nSPS) is 20.0. The van der Waals surface area contributed by atoms with E-state index >= 15 is 0 Å². The third-order valence-electron chi connectivity index (χ3n) is 5.01. The second-order valence-corrected chi connectivity index (χ2v) is 7.31. The monoisotopic (exact) mass is 387 g/mol. The molecule has 3 rings (SSSR count). The van der Waals surface area contributed by atoms with Gasteiger partial charge in [0.25, 0.3) is 11.8 Å². The lowest BCUT2D eigenvalue weighted by molar-refractivity contribution is -0.140. The quantitative estimate of drug-likeness (QED) is 0.622. The molecule has 0 radical (unpaired) electrons. The zero-order valence-corrected chi connectivity index (χ0v) is 15.5. The van der Waals surface area contributed by atoms with Gasteiger partial charge in [0.1, 0.15) is 12.1 Å². The van der Waals surface area contributed by atoms with Crippen LogP contribution in [-0.4, -0.2) is 51.7 Å². The first-order chi connectivity index (χ1) is 13.2. The first-order valence-electron chi connectivity index (χ1n) is 9.00. The lowest BCUT2D eigenvalue weighted by Gasteiger charge is -2.29. The van der Waals surface area contributed by atoms with Gasteiger partial charge in [-0.1, -0.05) is 13.8 Å². The van der Waals surface area contributed by atoms with E-state index < -0.39 is 29.9 Å². The number of benzene rings is 1. The Hall–Kier alpha value is -3.23. The molecule has 0 aliphatic carbocycles. The van der Waals surface area contributed by atoms with E-state index in [-0.39, 0.29) is 42.7 Å². The average molecular weight is 387 g/mol. The van der Waals surface area contributed by atoms with Crippen molar-refractivity contribution in [1.82, 2.24) is 15.5 Å². The summed E-state index contributed by atoms with van der Waals surface area (Å²) in [6, 6.07) is 2.74. The van der Waals surface area contributed by atoms with E-state index in [9.17, 15) is 29.1 Å². The molecule has 2 heterocycles. The molecule has 0 aromatic heterocycles. The minimum Gasteiger partial charge on any atom is -0.480 e. The Balaban J connectivity index is 1.78. The Labute approximate surface area is 161 Å². The highest BCUT2D eigenvalue weighted by atomic mass is 16.4. The first kappa shape index (κ1) is 19.5. The van der Waals surface area contributed by atoms with E-state index in [2.05, 4.69) is 10.6 Å². The highest BCUT2D eigenvalue weighted by molar-refractivity contribution is 6.06. The summed E-state index contributed by atoms with van der Waals surface area (Å²) in [6.07, 6.45) is 0.419. The van der Waals surface area contributed by atoms with E-state index in [1.54, 1.807) is 13.8 Å². The van der Waals surface area contributed by atoms with Crippen molar-refractivity contribution in [1.29, 1.82) is 0 Å². The number of hydrogen-bond acceptors (Lipinski definition) is 5. The van der Waals surface area contributed by atoms with Crippen molar-refractivity contribution in [2.24, 2.45) is 5.92 Å².